The van der Waals surface area contributed by atoms with Gasteiger partial charge in [-0.2, -0.15) is 0 Å². The van der Waals surface area contributed by atoms with Gasteiger partial charge in [0.25, 0.3) is 0 Å². The summed E-state index contributed by atoms with van der Waals surface area (Å²) in [5, 5.41) is 0. The Morgan fingerprint density at radius 3 is 2.21 bits per heavy atom. The van der Waals surface area contributed by atoms with Crippen LogP contribution in [0.1, 0.15) is 43.4 Å². The molecule has 29 heavy (non-hydrogen) atoms. The molecule has 1 fully saturated rings. The molecular formula is C23H29Br2ClN2O. The molecule has 0 aliphatic carbocycles. The number of rotatable bonds is 5. The Morgan fingerprint density at radius 2 is 1.66 bits per heavy atom. The number of piperidine rings is 1. The number of halogens is 3. The Hall–Kier alpha value is -0.880. The second-order valence-electron chi connectivity index (χ2n) is 8.01. The molecule has 0 N–H and O–H groups in total. The van der Waals surface area contributed by atoms with Crippen molar-refractivity contribution in [3.63, 3.8) is 0 Å². The highest BCUT2D eigenvalue weighted by atomic mass is 79.9. The van der Waals surface area contributed by atoms with Gasteiger partial charge in [-0.1, -0.05) is 62.2 Å². The monoisotopic (exact) mass is 542 g/mol. The summed E-state index contributed by atoms with van der Waals surface area (Å²) in [5.41, 5.74) is 2.34. The van der Waals surface area contributed by atoms with Gasteiger partial charge in [-0.25, -0.2) is 0 Å². The van der Waals surface area contributed by atoms with Gasteiger partial charge in [0.2, 0.25) is 5.91 Å². The van der Waals surface area contributed by atoms with Crippen LogP contribution in [0.2, 0.25) is 0 Å². The number of benzene rings is 2. The van der Waals surface area contributed by atoms with Crippen LogP contribution in [0, 0.1) is 0 Å². The minimum absolute atomic E-state index is 0. The van der Waals surface area contributed by atoms with Crippen molar-refractivity contribution >= 4 is 50.2 Å². The van der Waals surface area contributed by atoms with Crippen molar-refractivity contribution in [2.75, 3.05) is 27.2 Å². The van der Waals surface area contributed by atoms with Crippen LogP contribution in [0.5, 0.6) is 0 Å². The van der Waals surface area contributed by atoms with E-state index in [1.807, 2.05) is 24.1 Å². The van der Waals surface area contributed by atoms with Gasteiger partial charge in [-0.15, -0.1) is 12.4 Å². The summed E-state index contributed by atoms with van der Waals surface area (Å²) in [7, 11) is 4.09. The lowest BCUT2D eigenvalue weighted by molar-refractivity contribution is -0.133. The molecule has 1 aliphatic heterocycles. The van der Waals surface area contributed by atoms with E-state index in [1.165, 1.54) is 5.56 Å². The van der Waals surface area contributed by atoms with E-state index in [2.05, 4.69) is 87.1 Å². The van der Waals surface area contributed by atoms with Crippen LogP contribution >= 0.6 is 44.3 Å². The van der Waals surface area contributed by atoms with Crippen molar-refractivity contribution in [3.8, 4) is 0 Å². The number of carbonyl (C=O) groups excluding carboxylic acids is 1. The number of likely N-dealkylation sites (tertiary alicyclic amines) is 1. The van der Waals surface area contributed by atoms with E-state index in [1.54, 1.807) is 0 Å². The van der Waals surface area contributed by atoms with Crippen molar-refractivity contribution in [2.45, 2.75) is 37.6 Å². The van der Waals surface area contributed by atoms with Gasteiger partial charge in [0.05, 0.1) is 6.04 Å². The second kappa shape index (κ2) is 10.4. The van der Waals surface area contributed by atoms with E-state index in [-0.39, 0.29) is 29.8 Å². The van der Waals surface area contributed by atoms with Gasteiger partial charge in [-0.3, -0.25) is 4.79 Å². The van der Waals surface area contributed by atoms with Crippen LogP contribution in [0.15, 0.2) is 57.5 Å². The molecule has 3 nitrogen and oxygen atoms in total. The van der Waals surface area contributed by atoms with Crippen LogP contribution in [0.25, 0.3) is 0 Å². The van der Waals surface area contributed by atoms with Gasteiger partial charge >= 0.3 is 0 Å². The molecule has 2 aromatic carbocycles. The first-order chi connectivity index (χ1) is 13.3. The molecule has 0 saturated carbocycles. The second-order valence-corrected chi connectivity index (χ2v) is 9.84. The average molecular weight is 545 g/mol. The molecule has 0 spiro atoms. The SMILES string of the molecule is CC(c1cc(Br)cc(Br)c1)N(C)C(=O)CC1(c2ccccc2)CCN(C)CC1.Cl. The standard InChI is InChI=1S/C23H28Br2N2O.ClH/c1-17(18-13-20(24)15-21(25)14-18)27(3)22(28)16-23(9-11-26(2)12-10-23)19-7-5-4-6-8-19;/h4-8,13-15,17H,9-12,16H2,1-3H3;1H. The smallest absolute Gasteiger partial charge is 0.223 e. The van der Waals surface area contributed by atoms with Gasteiger partial charge in [0.1, 0.15) is 0 Å². The summed E-state index contributed by atoms with van der Waals surface area (Å²) in [5.74, 6) is 0.206. The fourth-order valence-corrected chi connectivity index (χ4v) is 5.41. The van der Waals surface area contributed by atoms with Gasteiger partial charge in [0, 0.05) is 27.8 Å². The van der Waals surface area contributed by atoms with Crippen LogP contribution in [-0.2, 0) is 10.2 Å². The van der Waals surface area contributed by atoms with Gasteiger partial charge in [0.15, 0.2) is 0 Å². The predicted molar refractivity (Wildman–Crippen MR) is 130 cm³/mol. The van der Waals surface area contributed by atoms with Crippen molar-refractivity contribution in [1.82, 2.24) is 9.80 Å². The van der Waals surface area contributed by atoms with Gasteiger partial charge in [-0.05, 0) is 69.2 Å². The summed E-state index contributed by atoms with van der Waals surface area (Å²) in [4.78, 5) is 17.6. The maximum Gasteiger partial charge on any atom is 0.223 e. The topological polar surface area (TPSA) is 23.6 Å². The summed E-state index contributed by atoms with van der Waals surface area (Å²) >= 11 is 7.11. The van der Waals surface area contributed by atoms with Crippen molar-refractivity contribution < 1.29 is 4.79 Å². The molecule has 1 amide bonds. The van der Waals surface area contributed by atoms with E-state index in [0.29, 0.717) is 6.42 Å². The number of hydrogen-bond donors (Lipinski definition) is 0. The van der Waals surface area contributed by atoms with E-state index >= 15 is 0 Å². The Kier molecular flexibility index (Phi) is 8.77. The molecular weight excluding hydrogens is 516 g/mol. The summed E-state index contributed by atoms with van der Waals surface area (Å²) in [6, 6.07) is 16.8. The van der Waals surface area contributed by atoms with Crippen LogP contribution < -0.4 is 0 Å². The first kappa shape index (κ1) is 24.4. The molecule has 0 radical (unpaired) electrons. The summed E-state index contributed by atoms with van der Waals surface area (Å²) in [6.45, 7) is 4.15. The Balaban J connectivity index is 0.00000300. The Labute approximate surface area is 197 Å². The van der Waals surface area contributed by atoms with Crippen LogP contribution in [-0.4, -0.2) is 42.9 Å². The van der Waals surface area contributed by atoms with Crippen LogP contribution in [0.3, 0.4) is 0 Å². The highest BCUT2D eigenvalue weighted by molar-refractivity contribution is 9.11. The molecule has 1 aliphatic rings. The van der Waals surface area contributed by atoms with E-state index in [4.69, 9.17) is 0 Å². The normalized spacial score (nSPS) is 17.3. The lowest BCUT2D eigenvalue weighted by Crippen LogP contribution is -2.44. The lowest BCUT2D eigenvalue weighted by atomic mass is 9.70. The molecule has 158 valence electrons. The maximum absolute atomic E-state index is 13.3. The van der Waals surface area contributed by atoms with E-state index in [0.717, 1.165) is 40.4 Å². The van der Waals surface area contributed by atoms with E-state index in [9.17, 15) is 4.79 Å². The zero-order valence-corrected chi connectivity index (χ0v) is 21.2. The molecule has 1 saturated heterocycles. The molecule has 2 aromatic rings. The Morgan fingerprint density at radius 1 is 1.10 bits per heavy atom. The molecule has 1 atom stereocenters. The summed E-state index contributed by atoms with van der Waals surface area (Å²) in [6.07, 6.45) is 2.59. The maximum atomic E-state index is 13.3. The van der Waals surface area contributed by atoms with Crippen molar-refractivity contribution in [2.24, 2.45) is 0 Å². The number of nitrogens with zero attached hydrogens (tertiary/aromatic N) is 2. The summed E-state index contributed by atoms with van der Waals surface area (Å²) < 4.78 is 2.03. The van der Waals surface area contributed by atoms with Crippen molar-refractivity contribution in [3.05, 3.63) is 68.6 Å². The first-order valence-corrected chi connectivity index (χ1v) is 11.3. The predicted octanol–water partition coefficient (Wildman–Crippen LogP) is 6.21. The molecule has 1 heterocycles. The minimum Gasteiger partial charge on any atom is -0.339 e. The third-order valence-electron chi connectivity index (χ3n) is 6.16. The number of hydrogen-bond acceptors (Lipinski definition) is 2. The number of carbonyl (C=O) groups is 1. The quantitative estimate of drug-likeness (QED) is 0.447. The average Bonchev–Trinajstić information content (AvgIpc) is 2.68. The molecule has 0 bridgehead atoms. The van der Waals surface area contributed by atoms with Crippen LogP contribution in [0.4, 0.5) is 0 Å². The third-order valence-corrected chi connectivity index (χ3v) is 7.08. The highest BCUT2D eigenvalue weighted by Gasteiger charge is 2.38. The van der Waals surface area contributed by atoms with Crippen molar-refractivity contribution in [1.29, 1.82) is 0 Å². The zero-order valence-electron chi connectivity index (χ0n) is 17.2. The molecule has 1 unspecified atom stereocenters. The largest absolute Gasteiger partial charge is 0.339 e. The first-order valence-electron chi connectivity index (χ1n) is 9.76. The highest BCUT2D eigenvalue weighted by Crippen LogP contribution is 2.39. The lowest BCUT2D eigenvalue weighted by Gasteiger charge is -2.42. The minimum atomic E-state index is -0.0727. The fraction of sp³-hybridized carbons (Fsp3) is 0.435. The zero-order chi connectivity index (χ0) is 20.3. The molecule has 3 rings (SSSR count). The Bertz CT molecular complexity index is 803. The molecule has 0 aromatic heterocycles. The van der Waals surface area contributed by atoms with E-state index < -0.39 is 0 Å². The molecule has 6 heteroatoms. The third kappa shape index (κ3) is 5.84. The fourth-order valence-electron chi connectivity index (χ4n) is 4.08. The van der Waals surface area contributed by atoms with Gasteiger partial charge < -0.3 is 9.80 Å². The number of amides is 1.